The first-order valence-corrected chi connectivity index (χ1v) is 7.94. The fourth-order valence-corrected chi connectivity index (χ4v) is 3.60. The number of nitrogens with one attached hydrogen (secondary N) is 1. The Labute approximate surface area is 131 Å². The maximum atomic E-state index is 5.98. The van der Waals surface area contributed by atoms with Crippen LogP contribution in [0.3, 0.4) is 0 Å². The van der Waals surface area contributed by atoms with Gasteiger partial charge in [0.05, 0.1) is 5.69 Å². The number of nitrogens with zero attached hydrogens (tertiary/aromatic N) is 2. The fraction of sp³-hybridized carbons (Fsp3) is 0.357. The summed E-state index contributed by atoms with van der Waals surface area (Å²) in [5.41, 5.74) is 1.05. The quantitative estimate of drug-likeness (QED) is 0.751. The van der Waals surface area contributed by atoms with Gasteiger partial charge in [0.25, 0.3) is 0 Å². The highest BCUT2D eigenvalue weighted by atomic mass is 127. The third kappa shape index (κ3) is 2.89. The van der Waals surface area contributed by atoms with Crippen molar-refractivity contribution in [1.29, 1.82) is 0 Å². The van der Waals surface area contributed by atoms with E-state index in [1.54, 1.807) is 0 Å². The predicted molar refractivity (Wildman–Crippen MR) is 87.2 cm³/mol. The van der Waals surface area contributed by atoms with Crippen LogP contribution in [-0.2, 0) is 0 Å². The highest BCUT2D eigenvalue weighted by molar-refractivity contribution is 14.1. The molecule has 3 nitrogen and oxygen atoms in total. The minimum atomic E-state index is 0.593. The number of hydrogen-bond acceptors (Lipinski definition) is 2. The van der Waals surface area contributed by atoms with Gasteiger partial charge in [-0.3, -0.25) is 0 Å². The molecule has 0 atom stereocenters. The number of halogens is 2. The molecule has 1 fully saturated rings. The van der Waals surface area contributed by atoms with Crippen LogP contribution in [0.1, 0.15) is 31.7 Å². The second-order valence-electron chi connectivity index (χ2n) is 4.85. The second kappa shape index (κ2) is 5.71. The molecule has 1 aromatic heterocycles. The average molecular weight is 388 g/mol. The normalized spacial score (nSPS) is 15.9. The van der Waals surface area contributed by atoms with Crippen molar-refractivity contribution in [3.63, 3.8) is 0 Å². The summed E-state index contributed by atoms with van der Waals surface area (Å²) < 4.78 is 3.36. The summed E-state index contributed by atoms with van der Waals surface area (Å²) in [6.45, 7) is 0. The molecule has 0 spiro atoms. The van der Waals surface area contributed by atoms with Crippen molar-refractivity contribution in [2.45, 2.75) is 31.7 Å². The van der Waals surface area contributed by atoms with Crippen molar-refractivity contribution >= 4 is 45.8 Å². The van der Waals surface area contributed by atoms with Crippen LogP contribution >= 0.6 is 34.2 Å². The van der Waals surface area contributed by atoms with Gasteiger partial charge in [0, 0.05) is 27.0 Å². The van der Waals surface area contributed by atoms with E-state index in [9.17, 15) is 0 Å². The topological polar surface area (TPSA) is 29.9 Å². The van der Waals surface area contributed by atoms with E-state index in [4.69, 9.17) is 11.6 Å². The molecule has 1 aliphatic carbocycles. The zero-order valence-electron chi connectivity index (χ0n) is 10.4. The van der Waals surface area contributed by atoms with Gasteiger partial charge < -0.3 is 9.88 Å². The largest absolute Gasteiger partial charge is 0.325 e. The van der Waals surface area contributed by atoms with Crippen LogP contribution in [0.25, 0.3) is 0 Å². The standard InChI is InChI=1S/C14H15ClIN3/c15-10-5-6-13(12(16)9-10)18-14-17-7-8-19(14)11-3-1-2-4-11/h5-9,11H,1-4H2,(H,17,18). The van der Waals surface area contributed by atoms with E-state index in [2.05, 4.69) is 43.7 Å². The maximum Gasteiger partial charge on any atom is 0.207 e. The molecule has 1 saturated carbocycles. The van der Waals surface area contributed by atoms with Crippen molar-refractivity contribution in [3.8, 4) is 0 Å². The van der Waals surface area contributed by atoms with Crippen molar-refractivity contribution in [2.75, 3.05) is 5.32 Å². The van der Waals surface area contributed by atoms with Gasteiger partial charge in [-0.2, -0.15) is 0 Å². The molecular formula is C14H15ClIN3. The Balaban J connectivity index is 1.85. The molecule has 0 amide bonds. The monoisotopic (exact) mass is 387 g/mol. The minimum absolute atomic E-state index is 0.593. The fourth-order valence-electron chi connectivity index (χ4n) is 2.60. The van der Waals surface area contributed by atoms with E-state index in [1.165, 1.54) is 25.7 Å². The Hall–Kier alpha value is -0.750. The van der Waals surface area contributed by atoms with Gasteiger partial charge in [0.2, 0.25) is 5.95 Å². The molecule has 5 heteroatoms. The smallest absolute Gasteiger partial charge is 0.207 e. The van der Waals surface area contributed by atoms with E-state index in [-0.39, 0.29) is 0 Å². The first-order chi connectivity index (χ1) is 9.24. The van der Waals surface area contributed by atoms with Crippen molar-refractivity contribution in [2.24, 2.45) is 0 Å². The predicted octanol–water partition coefficient (Wildman–Crippen LogP) is 5.00. The SMILES string of the molecule is Clc1ccc(Nc2nccn2C2CCCC2)c(I)c1. The third-order valence-electron chi connectivity index (χ3n) is 3.56. The van der Waals surface area contributed by atoms with Crippen LogP contribution in [0.5, 0.6) is 0 Å². The van der Waals surface area contributed by atoms with Gasteiger partial charge >= 0.3 is 0 Å². The number of anilines is 2. The summed E-state index contributed by atoms with van der Waals surface area (Å²) in [6.07, 6.45) is 9.08. The van der Waals surface area contributed by atoms with E-state index in [0.29, 0.717) is 6.04 Å². The summed E-state index contributed by atoms with van der Waals surface area (Å²) in [6, 6.07) is 6.44. The molecule has 1 heterocycles. The average Bonchev–Trinajstić information content (AvgIpc) is 3.03. The lowest BCUT2D eigenvalue weighted by Crippen LogP contribution is -2.08. The number of rotatable bonds is 3. The summed E-state index contributed by atoms with van der Waals surface area (Å²) in [5, 5.41) is 4.17. The Morgan fingerprint density at radius 2 is 2.11 bits per heavy atom. The van der Waals surface area contributed by atoms with Crippen LogP contribution < -0.4 is 5.32 Å². The molecule has 0 radical (unpaired) electrons. The number of aromatic nitrogens is 2. The van der Waals surface area contributed by atoms with Gasteiger partial charge in [-0.15, -0.1) is 0 Å². The molecule has 3 rings (SSSR count). The summed E-state index contributed by atoms with van der Waals surface area (Å²) >= 11 is 8.27. The Bertz CT molecular complexity index is 576. The molecule has 0 saturated heterocycles. The van der Waals surface area contributed by atoms with Gasteiger partial charge in [-0.25, -0.2) is 4.98 Å². The van der Waals surface area contributed by atoms with Crippen LogP contribution in [0.15, 0.2) is 30.6 Å². The van der Waals surface area contributed by atoms with Crippen LogP contribution in [-0.4, -0.2) is 9.55 Å². The molecule has 0 bridgehead atoms. The molecule has 0 aliphatic heterocycles. The van der Waals surface area contributed by atoms with Crippen molar-refractivity contribution < 1.29 is 0 Å². The van der Waals surface area contributed by atoms with Crippen LogP contribution in [0, 0.1) is 3.57 Å². The van der Waals surface area contributed by atoms with Gasteiger partial charge in [0.15, 0.2) is 0 Å². The lowest BCUT2D eigenvalue weighted by molar-refractivity contribution is 0.525. The van der Waals surface area contributed by atoms with E-state index in [1.807, 2.05) is 24.4 Å². The summed E-state index contributed by atoms with van der Waals surface area (Å²) in [4.78, 5) is 4.44. The molecule has 19 heavy (non-hydrogen) atoms. The zero-order valence-corrected chi connectivity index (χ0v) is 13.4. The highest BCUT2D eigenvalue weighted by Crippen LogP contribution is 2.33. The second-order valence-corrected chi connectivity index (χ2v) is 6.44. The maximum absolute atomic E-state index is 5.98. The molecule has 1 N–H and O–H groups in total. The van der Waals surface area contributed by atoms with E-state index >= 15 is 0 Å². The summed E-state index contributed by atoms with van der Waals surface area (Å²) in [5.74, 6) is 0.923. The van der Waals surface area contributed by atoms with Crippen molar-refractivity contribution in [3.05, 3.63) is 39.2 Å². The van der Waals surface area contributed by atoms with E-state index < -0.39 is 0 Å². The minimum Gasteiger partial charge on any atom is -0.325 e. The molecule has 0 unspecified atom stereocenters. The first kappa shape index (κ1) is 13.2. The zero-order chi connectivity index (χ0) is 13.2. The van der Waals surface area contributed by atoms with Gasteiger partial charge in [-0.05, 0) is 53.6 Å². The van der Waals surface area contributed by atoms with Crippen LogP contribution in [0.4, 0.5) is 11.6 Å². The molecular weight excluding hydrogens is 373 g/mol. The number of imidazole rings is 1. The van der Waals surface area contributed by atoms with Crippen molar-refractivity contribution in [1.82, 2.24) is 9.55 Å². The molecule has 100 valence electrons. The van der Waals surface area contributed by atoms with Gasteiger partial charge in [0.1, 0.15) is 0 Å². The Kier molecular flexibility index (Phi) is 3.98. The summed E-state index contributed by atoms with van der Waals surface area (Å²) in [7, 11) is 0. The molecule has 1 aromatic carbocycles. The Morgan fingerprint density at radius 3 is 2.84 bits per heavy atom. The van der Waals surface area contributed by atoms with Crippen LogP contribution in [0.2, 0.25) is 5.02 Å². The number of benzene rings is 1. The highest BCUT2D eigenvalue weighted by Gasteiger charge is 2.19. The lowest BCUT2D eigenvalue weighted by atomic mass is 10.2. The van der Waals surface area contributed by atoms with Gasteiger partial charge in [-0.1, -0.05) is 24.4 Å². The molecule has 1 aliphatic rings. The molecule has 2 aromatic rings. The first-order valence-electron chi connectivity index (χ1n) is 6.49. The third-order valence-corrected chi connectivity index (χ3v) is 4.69. The number of hydrogen-bond donors (Lipinski definition) is 1. The Morgan fingerprint density at radius 1 is 1.32 bits per heavy atom. The lowest BCUT2D eigenvalue weighted by Gasteiger charge is -2.16. The van der Waals surface area contributed by atoms with E-state index in [0.717, 1.165) is 20.2 Å².